The average molecular weight is 759 g/mol. The van der Waals surface area contributed by atoms with E-state index < -0.39 is 0 Å². The van der Waals surface area contributed by atoms with Crippen molar-refractivity contribution in [2.24, 2.45) is 0 Å². The summed E-state index contributed by atoms with van der Waals surface area (Å²) in [6.45, 7) is 4.73. The van der Waals surface area contributed by atoms with Crippen molar-refractivity contribution in [1.29, 1.82) is 0 Å². The molecule has 11 aromatic rings. The van der Waals surface area contributed by atoms with E-state index in [0.717, 1.165) is 17.1 Å². The summed E-state index contributed by atoms with van der Waals surface area (Å²) in [5.74, 6) is 0. The highest BCUT2D eigenvalue weighted by Crippen LogP contribution is 2.52. The Hall–Kier alpha value is -6.94. The van der Waals surface area contributed by atoms with Gasteiger partial charge in [0, 0.05) is 59.1 Å². The third-order valence-electron chi connectivity index (χ3n) is 12.5. The second kappa shape index (κ2) is 12.5. The molecule has 12 rings (SSSR count). The van der Waals surface area contributed by atoms with E-state index in [1.807, 2.05) is 11.3 Å². The number of fused-ring (bicyclic) bond motifs is 11. The second-order valence-corrected chi connectivity index (χ2v) is 17.2. The minimum absolute atomic E-state index is 0.0530. The number of benzene rings is 9. The summed E-state index contributed by atoms with van der Waals surface area (Å²) < 4.78 is 5.05. The van der Waals surface area contributed by atoms with Crippen LogP contribution in [0.1, 0.15) is 25.0 Å². The van der Waals surface area contributed by atoms with Gasteiger partial charge in [0.15, 0.2) is 0 Å². The molecular formula is C55H38N2S. The normalized spacial score (nSPS) is 13.1. The molecule has 0 fully saturated rings. The quantitative estimate of drug-likeness (QED) is 0.170. The van der Waals surface area contributed by atoms with Crippen LogP contribution in [0.25, 0.3) is 80.7 Å². The van der Waals surface area contributed by atoms with Crippen molar-refractivity contribution in [2.45, 2.75) is 19.3 Å². The number of rotatable bonds is 5. The molecule has 3 heteroatoms. The van der Waals surface area contributed by atoms with Crippen molar-refractivity contribution in [3.05, 3.63) is 205 Å². The smallest absolute Gasteiger partial charge is 0.0547 e. The monoisotopic (exact) mass is 758 g/mol. The Balaban J connectivity index is 1.05. The molecule has 58 heavy (non-hydrogen) atoms. The van der Waals surface area contributed by atoms with Gasteiger partial charge in [-0.15, -0.1) is 11.3 Å². The number of anilines is 3. The van der Waals surface area contributed by atoms with E-state index in [-0.39, 0.29) is 5.41 Å². The molecule has 9 aromatic carbocycles. The summed E-state index contributed by atoms with van der Waals surface area (Å²) >= 11 is 1.86. The van der Waals surface area contributed by atoms with Gasteiger partial charge in [-0.3, -0.25) is 0 Å². The fourth-order valence-electron chi connectivity index (χ4n) is 9.78. The highest BCUT2D eigenvalue weighted by atomic mass is 32.1. The molecule has 1 aliphatic carbocycles. The number of thiophene rings is 1. The molecule has 0 radical (unpaired) electrons. The van der Waals surface area contributed by atoms with Crippen molar-refractivity contribution >= 4 is 81.1 Å². The highest BCUT2D eigenvalue weighted by Gasteiger charge is 2.36. The molecule has 0 amide bonds. The molecule has 2 heterocycles. The molecule has 0 N–H and O–H groups in total. The zero-order valence-electron chi connectivity index (χ0n) is 32.3. The van der Waals surface area contributed by atoms with E-state index in [2.05, 4.69) is 217 Å². The number of aromatic nitrogens is 1. The second-order valence-electron chi connectivity index (χ2n) is 16.2. The molecule has 0 atom stereocenters. The van der Waals surface area contributed by atoms with Crippen molar-refractivity contribution in [1.82, 2.24) is 4.57 Å². The van der Waals surface area contributed by atoms with Crippen molar-refractivity contribution in [3.8, 4) is 27.9 Å². The summed E-state index contributed by atoms with van der Waals surface area (Å²) in [4.78, 5) is 2.39. The Morgan fingerprint density at radius 2 is 1.14 bits per heavy atom. The van der Waals surface area contributed by atoms with Crippen LogP contribution in [0.15, 0.2) is 194 Å². The number of hydrogen-bond donors (Lipinski definition) is 0. The Morgan fingerprint density at radius 3 is 2.02 bits per heavy atom. The lowest BCUT2D eigenvalue weighted by molar-refractivity contribution is 0.661. The van der Waals surface area contributed by atoms with Gasteiger partial charge in [0.05, 0.1) is 11.0 Å². The first-order chi connectivity index (χ1) is 28.5. The molecule has 0 saturated carbocycles. The largest absolute Gasteiger partial charge is 0.310 e. The fourth-order valence-corrected chi connectivity index (χ4v) is 10.9. The van der Waals surface area contributed by atoms with E-state index >= 15 is 0 Å². The van der Waals surface area contributed by atoms with E-state index in [0.29, 0.717) is 0 Å². The van der Waals surface area contributed by atoms with Gasteiger partial charge >= 0.3 is 0 Å². The van der Waals surface area contributed by atoms with Crippen LogP contribution < -0.4 is 4.90 Å². The van der Waals surface area contributed by atoms with Crippen LogP contribution in [-0.4, -0.2) is 4.57 Å². The van der Waals surface area contributed by atoms with Crippen LogP contribution in [0.3, 0.4) is 0 Å². The lowest BCUT2D eigenvalue weighted by Crippen LogP contribution is -2.14. The molecule has 2 nitrogen and oxygen atoms in total. The van der Waals surface area contributed by atoms with Crippen molar-refractivity contribution in [2.75, 3.05) is 4.90 Å². The maximum Gasteiger partial charge on any atom is 0.0547 e. The van der Waals surface area contributed by atoms with Gasteiger partial charge in [-0.25, -0.2) is 0 Å². The topological polar surface area (TPSA) is 8.17 Å². The molecule has 0 saturated heterocycles. The lowest BCUT2D eigenvalue weighted by Gasteiger charge is -2.26. The number of hydrogen-bond acceptors (Lipinski definition) is 2. The molecule has 0 unspecified atom stereocenters. The van der Waals surface area contributed by atoms with Gasteiger partial charge < -0.3 is 9.47 Å². The lowest BCUT2D eigenvalue weighted by atomic mass is 9.82. The predicted molar refractivity (Wildman–Crippen MR) is 249 cm³/mol. The summed E-state index contributed by atoms with van der Waals surface area (Å²) in [6.07, 6.45) is 0. The molecule has 0 bridgehead atoms. The Labute approximate surface area is 341 Å². The van der Waals surface area contributed by atoms with Gasteiger partial charge in [0.2, 0.25) is 0 Å². The zero-order chi connectivity index (χ0) is 38.5. The SMILES string of the molecule is CC1(C)c2ccccc2-c2c1ccc1cc3c(cc21)c1cc(-c2cccc(N(c4ccccc4)c4ccc5c(c4)sc4ccccc45)c2)ccc1n3-c1ccccc1. The predicted octanol–water partition coefficient (Wildman–Crippen LogP) is 15.7. The molecule has 2 aromatic heterocycles. The van der Waals surface area contributed by atoms with E-state index in [1.165, 1.54) is 91.8 Å². The average Bonchev–Trinajstić information content (AvgIpc) is 3.88. The molecule has 0 spiro atoms. The molecular weight excluding hydrogens is 721 g/mol. The Kier molecular flexibility index (Phi) is 7.18. The standard InChI is InChI=1S/C55H38N2S/c1-55(2)48-22-11-9-21-44(48)54-45-34-47-46-31-36(25-29-50(46)57(39-17-7-4-8-18-39)51(47)32-37(45)24-28-49(54)55)35-14-13-19-40(30-35)56(38-15-5-3-6-16-38)41-26-27-43-42-20-10-12-23-52(42)58-53(43)33-41/h3-34H,1-2H3. The third kappa shape index (κ3) is 4.90. The van der Waals surface area contributed by atoms with Crippen LogP contribution in [0.2, 0.25) is 0 Å². The zero-order valence-corrected chi connectivity index (χ0v) is 33.1. The first-order valence-electron chi connectivity index (χ1n) is 20.1. The minimum Gasteiger partial charge on any atom is -0.310 e. The van der Waals surface area contributed by atoms with Crippen LogP contribution in [0.4, 0.5) is 17.1 Å². The van der Waals surface area contributed by atoms with Gasteiger partial charge in [0.25, 0.3) is 0 Å². The van der Waals surface area contributed by atoms with Crippen LogP contribution in [-0.2, 0) is 5.41 Å². The van der Waals surface area contributed by atoms with E-state index in [9.17, 15) is 0 Å². The van der Waals surface area contributed by atoms with Gasteiger partial charge in [-0.2, -0.15) is 0 Å². The van der Waals surface area contributed by atoms with E-state index in [4.69, 9.17) is 0 Å². The fraction of sp³-hybridized carbons (Fsp3) is 0.0545. The third-order valence-corrected chi connectivity index (χ3v) is 13.7. The van der Waals surface area contributed by atoms with Gasteiger partial charge in [0.1, 0.15) is 0 Å². The summed E-state index contributed by atoms with van der Waals surface area (Å²) in [7, 11) is 0. The highest BCUT2D eigenvalue weighted by molar-refractivity contribution is 7.25. The molecule has 1 aliphatic rings. The number of para-hydroxylation sites is 2. The van der Waals surface area contributed by atoms with Crippen LogP contribution in [0, 0.1) is 0 Å². The molecule has 0 aliphatic heterocycles. The molecule has 274 valence electrons. The Bertz CT molecular complexity index is 3430. The van der Waals surface area contributed by atoms with Crippen LogP contribution >= 0.6 is 11.3 Å². The van der Waals surface area contributed by atoms with Crippen LogP contribution in [0.5, 0.6) is 0 Å². The van der Waals surface area contributed by atoms with Crippen molar-refractivity contribution in [3.63, 3.8) is 0 Å². The summed E-state index contributed by atoms with van der Waals surface area (Å²) in [5, 5.41) is 7.72. The van der Waals surface area contributed by atoms with Crippen molar-refractivity contribution < 1.29 is 0 Å². The summed E-state index contributed by atoms with van der Waals surface area (Å²) in [5.41, 5.74) is 14.8. The maximum atomic E-state index is 2.48. The van der Waals surface area contributed by atoms with Gasteiger partial charge in [-0.1, -0.05) is 129 Å². The minimum atomic E-state index is -0.0530. The number of nitrogens with zero attached hydrogens (tertiary/aromatic N) is 2. The maximum absolute atomic E-state index is 2.48. The Morgan fingerprint density at radius 1 is 0.431 bits per heavy atom. The first-order valence-corrected chi connectivity index (χ1v) is 20.9. The first kappa shape index (κ1) is 33.2. The van der Waals surface area contributed by atoms with E-state index in [1.54, 1.807) is 0 Å². The summed E-state index contributed by atoms with van der Waals surface area (Å²) in [6, 6.07) is 71.8. The van der Waals surface area contributed by atoms with Gasteiger partial charge in [-0.05, 0) is 123 Å².